The molecule has 5 aromatic carbocycles. The van der Waals surface area contributed by atoms with Crippen LogP contribution in [0.15, 0.2) is 114 Å². The van der Waals surface area contributed by atoms with E-state index in [0.29, 0.717) is 0 Å². The van der Waals surface area contributed by atoms with Gasteiger partial charge in [-0.3, -0.25) is 4.98 Å². The Balaban J connectivity index is 1.32. The quantitative estimate of drug-likeness (QED) is 0.234. The number of hydrogen-bond acceptors (Lipinski definition) is 2. The fourth-order valence-corrected chi connectivity index (χ4v) is 6.09. The molecule has 2 aromatic heterocycles. The third-order valence-corrected chi connectivity index (χ3v) is 7.83. The first kappa shape index (κ1) is 20.5. The van der Waals surface area contributed by atoms with Crippen LogP contribution in [0, 0.1) is 0 Å². The van der Waals surface area contributed by atoms with E-state index < -0.39 is 0 Å². The van der Waals surface area contributed by atoms with Crippen LogP contribution in [0.1, 0.15) is 17.5 Å². The van der Waals surface area contributed by atoms with Crippen molar-refractivity contribution in [2.75, 3.05) is 0 Å². The number of para-hydroxylation sites is 2. The second kappa shape index (κ2) is 7.91. The molecule has 7 aromatic rings. The van der Waals surface area contributed by atoms with E-state index in [1.54, 1.807) is 0 Å². The summed E-state index contributed by atoms with van der Waals surface area (Å²) in [5.74, 6) is 0. The highest BCUT2D eigenvalue weighted by Crippen LogP contribution is 2.40. The van der Waals surface area contributed by atoms with E-state index >= 15 is 0 Å². The summed E-state index contributed by atoms with van der Waals surface area (Å²) in [5.41, 5.74) is 9.38. The van der Waals surface area contributed by atoms with Gasteiger partial charge in [-0.15, -0.1) is 0 Å². The minimum Gasteiger partial charge on any atom is -0.455 e. The Morgan fingerprint density at radius 1 is 0.622 bits per heavy atom. The number of furan rings is 1. The minimum atomic E-state index is 0.927. The Morgan fingerprint density at radius 3 is 2.49 bits per heavy atom. The maximum Gasteiger partial charge on any atom is 0.143 e. The van der Waals surface area contributed by atoms with Gasteiger partial charge in [0, 0.05) is 34.1 Å². The fourth-order valence-electron chi connectivity index (χ4n) is 6.09. The first-order chi connectivity index (χ1) is 18.3. The summed E-state index contributed by atoms with van der Waals surface area (Å²) in [6, 6.07) is 32.6. The molecule has 1 aliphatic carbocycles. The molecular formula is C35H23NO. The molecule has 0 saturated carbocycles. The SMILES string of the molecule is C1=Cc2c(c3cc(-c4cccc(-c5cccc6c5oc5ccccc56)c4)ccc3c3cnccc23)CC1. The molecule has 0 aliphatic heterocycles. The number of fused-ring (bicyclic) bond motifs is 9. The van der Waals surface area contributed by atoms with E-state index in [1.807, 2.05) is 24.5 Å². The lowest BCUT2D eigenvalue weighted by molar-refractivity contribution is 0.670. The number of rotatable bonds is 2. The number of aromatic nitrogens is 1. The molecule has 0 N–H and O–H groups in total. The van der Waals surface area contributed by atoms with E-state index in [4.69, 9.17) is 4.42 Å². The van der Waals surface area contributed by atoms with E-state index in [-0.39, 0.29) is 0 Å². The van der Waals surface area contributed by atoms with Crippen LogP contribution in [-0.4, -0.2) is 4.98 Å². The van der Waals surface area contributed by atoms with E-state index in [9.17, 15) is 0 Å². The van der Waals surface area contributed by atoms with Crippen molar-refractivity contribution in [3.8, 4) is 22.3 Å². The van der Waals surface area contributed by atoms with Gasteiger partial charge < -0.3 is 4.42 Å². The standard InChI is InChI=1S/C35H23NO/c1-2-10-27-26(9-1)29-17-18-36-21-33(29)28-16-15-23(20-32(27)28)22-7-5-8-24(19-22)25-12-6-13-31-30-11-3-4-14-34(30)37-35(25)31/h1,3-9,11-21H,2,10H2. The van der Waals surface area contributed by atoms with Crippen molar-refractivity contribution in [1.29, 1.82) is 0 Å². The molecule has 2 heteroatoms. The highest BCUT2D eigenvalue weighted by atomic mass is 16.3. The molecule has 37 heavy (non-hydrogen) atoms. The Bertz CT molecular complexity index is 2040. The number of aryl methyl sites for hydroxylation is 1. The highest BCUT2D eigenvalue weighted by Gasteiger charge is 2.16. The molecule has 0 unspecified atom stereocenters. The Morgan fingerprint density at radius 2 is 1.49 bits per heavy atom. The molecule has 1 aliphatic rings. The zero-order valence-corrected chi connectivity index (χ0v) is 20.2. The molecule has 2 heterocycles. The number of pyridine rings is 1. The summed E-state index contributed by atoms with van der Waals surface area (Å²) in [5, 5.41) is 7.45. The Hall–Kier alpha value is -4.69. The van der Waals surface area contributed by atoms with Crippen molar-refractivity contribution in [2.45, 2.75) is 12.8 Å². The third kappa shape index (κ3) is 3.09. The number of nitrogens with zero attached hydrogens (tertiary/aromatic N) is 1. The largest absolute Gasteiger partial charge is 0.455 e. The van der Waals surface area contributed by atoms with Crippen molar-refractivity contribution in [3.05, 3.63) is 121 Å². The van der Waals surface area contributed by atoms with Crippen molar-refractivity contribution in [3.63, 3.8) is 0 Å². The summed E-state index contributed by atoms with van der Waals surface area (Å²) in [6.45, 7) is 0. The van der Waals surface area contributed by atoms with Crippen LogP contribution < -0.4 is 0 Å². The molecule has 0 amide bonds. The zero-order chi connectivity index (χ0) is 24.3. The molecule has 8 rings (SSSR count). The summed E-state index contributed by atoms with van der Waals surface area (Å²) in [4.78, 5) is 4.45. The van der Waals surface area contributed by atoms with E-state index in [0.717, 1.165) is 45.9 Å². The lowest BCUT2D eigenvalue weighted by atomic mass is 9.86. The summed E-state index contributed by atoms with van der Waals surface area (Å²) >= 11 is 0. The van der Waals surface area contributed by atoms with Crippen LogP contribution in [-0.2, 0) is 6.42 Å². The Kier molecular flexibility index (Phi) is 4.38. The molecule has 174 valence electrons. The predicted molar refractivity (Wildman–Crippen MR) is 155 cm³/mol. The molecule has 0 spiro atoms. The minimum absolute atomic E-state index is 0.927. The summed E-state index contributed by atoms with van der Waals surface area (Å²) in [6.07, 6.45) is 10.6. The van der Waals surface area contributed by atoms with Gasteiger partial charge in [0.2, 0.25) is 0 Å². The van der Waals surface area contributed by atoms with Gasteiger partial charge in [0.25, 0.3) is 0 Å². The van der Waals surface area contributed by atoms with Crippen LogP contribution >= 0.6 is 0 Å². The predicted octanol–water partition coefficient (Wildman–Crippen LogP) is 9.58. The van der Waals surface area contributed by atoms with Crippen molar-refractivity contribution >= 4 is 49.6 Å². The van der Waals surface area contributed by atoms with Gasteiger partial charge in [0.05, 0.1) is 0 Å². The average molecular weight is 474 g/mol. The highest BCUT2D eigenvalue weighted by molar-refractivity contribution is 6.13. The van der Waals surface area contributed by atoms with E-state index in [1.165, 1.54) is 43.8 Å². The summed E-state index contributed by atoms with van der Waals surface area (Å²) in [7, 11) is 0. The lowest BCUT2D eigenvalue weighted by Gasteiger charge is -2.18. The van der Waals surface area contributed by atoms with Gasteiger partial charge >= 0.3 is 0 Å². The average Bonchev–Trinajstić information content (AvgIpc) is 3.36. The lowest BCUT2D eigenvalue weighted by Crippen LogP contribution is -1.98. The maximum atomic E-state index is 6.33. The normalized spacial score (nSPS) is 13.1. The molecular weight excluding hydrogens is 450 g/mol. The number of allylic oxidation sites excluding steroid dienone is 1. The van der Waals surface area contributed by atoms with Gasteiger partial charge in [0.1, 0.15) is 11.2 Å². The van der Waals surface area contributed by atoms with Crippen LogP contribution in [0.3, 0.4) is 0 Å². The van der Waals surface area contributed by atoms with Gasteiger partial charge in [0.15, 0.2) is 0 Å². The van der Waals surface area contributed by atoms with Gasteiger partial charge in [-0.25, -0.2) is 0 Å². The number of benzene rings is 5. The second-order valence-electron chi connectivity index (χ2n) is 9.88. The van der Waals surface area contributed by atoms with Crippen LogP contribution in [0.2, 0.25) is 0 Å². The smallest absolute Gasteiger partial charge is 0.143 e. The topological polar surface area (TPSA) is 26.0 Å². The van der Waals surface area contributed by atoms with Crippen molar-refractivity contribution in [1.82, 2.24) is 4.98 Å². The van der Waals surface area contributed by atoms with Gasteiger partial charge in [-0.05, 0) is 81.1 Å². The molecule has 0 atom stereocenters. The van der Waals surface area contributed by atoms with Crippen LogP contribution in [0.5, 0.6) is 0 Å². The van der Waals surface area contributed by atoms with Gasteiger partial charge in [-0.1, -0.05) is 78.9 Å². The van der Waals surface area contributed by atoms with Crippen molar-refractivity contribution in [2.24, 2.45) is 0 Å². The van der Waals surface area contributed by atoms with Crippen LogP contribution in [0.4, 0.5) is 0 Å². The molecule has 0 saturated heterocycles. The monoisotopic (exact) mass is 473 g/mol. The zero-order valence-electron chi connectivity index (χ0n) is 20.2. The van der Waals surface area contributed by atoms with Crippen LogP contribution in [0.25, 0.3) is 71.8 Å². The third-order valence-electron chi connectivity index (χ3n) is 7.83. The molecule has 0 bridgehead atoms. The molecule has 0 radical (unpaired) electrons. The van der Waals surface area contributed by atoms with E-state index in [2.05, 4.69) is 96.0 Å². The number of hydrogen-bond donors (Lipinski definition) is 0. The first-order valence-corrected chi connectivity index (χ1v) is 12.8. The Labute approximate surface area is 214 Å². The molecule has 0 fully saturated rings. The maximum absolute atomic E-state index is 6.33. The van der Waals surface area contributed by atoms with Crippen molar-refractivity contribution < 1.29 is 4.42 Å². The summed E-state index contributed by atoms with van der Waals surface area (Å²) < 4.78 is 6.33. The first-order valence-electron chi connectivity index (χ1n) is 12.8. The second-order valence-corrected chi connectivity index (χ2v) is 9.88. The molecule has 2 nitrogen and oxygen atoms in total. The van der Waals surface area contributed by atoms with Gasteiger partial charge in [-0.2, -0.15) is 0 Å². The fraction of sp³-hybridized carbons (Fsp3) is 0.0571.